The molecule has 27 heavy (non-hydrogen) atoms. The van der Waals surface area contributed by atoms with Crippen molar-refractivity contribution in [3.8, 4) is 5.88 Å². The van der Waals surface area contributed by atoms with Gasteiger partial charge in [-0.2, -0.15) is 0 Å². The zero-order valence-electron chi connectivity index (χ0n) is 15.5. The van der Waals surface area contributed by atoms with E-state index in [1.807, 2.05) is 23.7 Å². The van der Waals surface area contributed by atoms with E-state index in [2.05, 4.69) is 24.8 Å². The van der Waals surface area contributed by atoms with Gasteiger partial charge in [0.15, 0.2) is 11.1 Å². The van der Waals surface area contributed by atoms with Crippen molar-refractivity contribution in [2.24, 2.45) is 10.7 Å². The number of guanidine groups is 1. The van der Waals surface area contributed by atoms with Crippen LogP contribution in [0, 0.1) is 0 Å². The lowest BCUT2D eigenvalue weighted by Gasteiger charge is -2.35. The fourth-order valence-corrected chi connectivity index (χ4v) is 4.26. The smallest absolute Gasteiger partial charge is 0.213 e. The molecule has 0 radical (unpaired) electrons. The normalized spacial score (nSPS) is 18.9. The largest absolute Gasteiger partial charge is 0.474 e. The van der Waals surface area contributed by atoms with Gasteiger partial charge in [0.2, 0.25) is 5.88 Å². The van der Waals surface area contributed by atoms with Gasteiger partial charge in [0.25, 0.3) is 0 Å². The standard InChI is InChI=1S/C19H26N6OS/c20-18(24-8-10-25(11-9-24)19-22-7-12-27-19)23-14-15-5-6-21-17(13-15)26-16-3-1-2-4-16/h5-7,12-13,16H,1-4,8-11,14H2,(H2,20,23). The third-order valence-electron chi connectivity index (χ3n) is 5.11. The molecule has 0 spiro atoms. The fourth-order valence-electron chi connectivity index (χ4n) is 3.56. The summed E-state index contributed by atoms with van der Waals surface area (Å²) in [5.41, 5.74) is 7.30. The maximum Gasteiger partial charge on any atom is 0.213 e. The topological polar surface area (TPSA) is 79.9 Å². The minimum atomic E-state index is 0.315. The lowest BCUT2D eigenvalue weighted by Crippen LogP contribution is -2.51. The summed E-state index contributed by atoms with van der Waals surface area (Å²) in [6.07, 6.45) is 8.71. The molecule has 2 aromatic rings. The Balaban J connectivity index is 1.30. The van der Waals surface area contributed by atoms with Gasteiger partial charge < -0.3 is 20.3 Å². The second-order valence-corrected chi connectivity index (χ2v) is 7.86. The van der Waals surface area contributed by atoms with Gasteiger partial charge in [-0.3, -0.25) is 0 Å². The third kappa shape index (κ3) is 4.68. The number of anilines is 1. The van der Waals surface area contributed by atoms with Gasteiger partial charge in [-0.25, -0.2) is 15.0 Å². The number of nitrogens with two attached hydrogens (primary N) is 1. The van der Waals surface area contributed by atoms with Crippen LogP contribution < -0.4 is 15.4 Å². The molecule has 8 heteroatoms. The van der Waals surface area contributed by atoms with Crippen molar-refractivity contribution in [1.82, 2.24) is 14.9 Å². The summed E-state index contributed by atoms with van der Waals surface area (Å²) in [6.45, 7) is 4.10. The first-order valence-electron chi connectivity index (χ1n) is 9.59. The summed E-state index contributed by atoms with van der Waals surface area (Å²) in [7, 11) is 0. The molecule has 3 heterocycles. The van der Waals surface area contributed by atoms with E-state index < -0.39 is 0 Å². The number of aliphatic imine (C=N–C) groups is 1. The van der Waals surface area contributed by atoms with Crippen LogP contribution in [0.1, 0.15) is 31.2 Å². The summed E-state index contributed by atoms with van der Waals surface area (Å²) in [5.74, 6) is 1.30. The second-order valence-electron chi connectivity index (χ2n) is 6.99. The highest BCUT2D eigenvalue weighted by Gasteiger charge is 2.20. The van der Waals surface area contributed by atoms with E-state index in [4.69, 9.17) is 10.5 Å². The number of ether oxygens (including phenoxy) is 1. The Bertz CT molecular complexity index is 751. The number of rotatable bonds is 5. The van der Waals surface area contributed by atoms with Gasteiger partial charge in [-0.15, -0.1) is 11.3 Å². The highest BCUT2D eigenvalue weighted by Crippen LogP contribution is 2.23. The zero-order valence-corrected chi connectivity index (χ0v) is 16.3. The monoisotopic (exact) mass is 386 g/mol. The second kappa shape index (κ2) is 8.56. The quantitative estimate of drug-likeness (QED) is 0.628. The van der Waals surface area contributed by atoms with Crippen molar-refractivity contribution < 1.29 is 4.74 Å². The molecule has 0 atom stereocenters. The van der Waals surface area contributed by atoms with E-state index in [0.29, 0.717) is 24.5 Å². The van der Waals surface area contributed by atoms with Crippen LogP contribution in [0.3, 0.4) is 0 Å². The molecule has 0 unspecified atom stereocenters. The van der Waals surface area contributed by atoms with Crippen LogP contribution in [-0.4, -0.2) is 53.1 Å². The molecule has 2 aliphatic rings. The van der Waals surface area contributed by atoms with E-state index in [1.165, 1.54) is 12.8 Å². The Morgan fingerprint density at radius 3 is 2.74 bits per heavy atom. The van der Waals surface area contributed by atoms with Gasteiger partial charge in [-0.05, 0) is 37.3 Å². The van der Waals surface area contributed by atoms with Gasteiger partial charge in [0.1, 0.15) is 6.10 Å². The van der Waals surface area contributed by atoms with Gasteiger partial charge in [-0.1, -0.05) is 0 Å². The Kier molecular flexibility index (Phi) is 5.72. The number of piperazine rings is 1. The molecule has 1 aliphatic heterocycles. The molecule has 0 aromatic carbocycles. The average molecular weight is 387 g/mol. The molecular formula is C19H26N6OS. The molecule has 2 N–H and O–H groups in total. The minimum Gasteiger partial charge on any atom is -0.474 e. The highest BCUT2D eigenvalue weighted by molar-refractivity contribution is 7.13. The van der Waals surface area contributed by atoms with Gasteiger partial charge in [0, 0.05) is 50.0 Å². The van der Waals surface area contributed by atoms with E-state index in [9.17, 15) is 0 Å². The average Bonchev–Trinajstić information content (AvgIpc) is 3.41. The maximum atomic E-state index is 6.23. The molecule has 0 amide bonds. The summed E-state index contributed by atoms with van der Waals surface area (Å²) in [6, 6.07) is 3.95. The Morgan fingerprint density at radius 1 is 1.19 bits per heavy atom. The van der Waals surface area contributed by atoms with Gasteiger partial charge in [0.05, 0.1) is 6.54 Å². The lowest BCUT2D eigenvalue weighted by atomic mass is 10.2. The third-order valence-corrected chi connectivity index (χ3v) is 5.94. The first kappa shape index (κ1) is 18.0. The minimum absolute atomic E-state index is 0.315. The van der Waals surface area contributed by atoms with E-state index in [0.717, 1.165) is 49.7 Å². The number of hydrogen-bond donors (Lipinski definition) is 1. The predicted molar refractivity (Wildman–Crippen MR) is 108 cm³/mol. The highest BCUT2D eigenvalue weighted by atomic mass is 32.1. The Hall–Kier alpha value is -2.35. The summed E-state index contributed by atoms with van der Waals surface area (Å²) < 4.78 is 5.97. The Morgan fingerprint density at radius 2 is 2.00 bits per heavy atom. The molecule has 2 aromatic heterocycles. The number of nitrogens with zero attached hydrogens (tertiary/aromatic N) is 5. The molecule has 144 valence electrons. The SMILES string of the molecule is NC(=NCc1ccnc(OC2CCCC2)c1)N1CCN(c2nccs2)CC1. The van der Waals surface area contributed by atoms with Crippen molar-refractivity contribution in [1.29, 1.82) is 0 Å². The molecule has 1 saturated carbocycles. The van der Waals surface area contributed by atoms with Crippen LogP contribution in [0.2, 0.25) is 0 Å². The lowest BCUT2D eigenvalue weighted by molar-refractivity contribution is 0.201. The zero-order chi connectivity index (χ0) is 18.5. The van der Waals surface area contributed by atoms with Crippen molar-refractivity contribution in [3.63, 3.8) is 0 Å². The van der Waals surface area contributed by atoms with Crippen molar-refractivity contribution >= 4 is 22.4 Å². The van der Waals surface area contributed by atoms with Gasteiger partial charge >= 0.3 is 0 Å². The number of aromatic nitrogens is 2. The van der Waals surface area contributed by atoms with Crippen LogP contribution in [0.25, 0.3) is 0 Å². The molecule has 0 bridgehead atoms. The van der Waals surface area contributed by atoms with E-state index >= 15 is 0 Å². The molecule has 1 aliphatic carbocycles. The van der Waals surface area contributed by atoms with Crippen LogP contribution in [0.15, 0.2) is 34.9 Å². The van der Waals surface area contributed by atoms with Crippen LogP contribution in [0.4, 0.5) is 5.13 Å². The first-order chi connectivity index (χ1) is 13.3. The summed E-state index contributed by atoms with van der Waals surface area (Å²) in [5, 5.41) is 3.09. The molecule has 4 rings (SSSR count). The number of hydrogen-bond acceptors (Lipinski definition) is 6. The maximum absolute atomic E-state index is 6.23. The van der Waals surface area contributed by atoms with E-state index in [-0.39, 0.29) is 0 Å². The summed E-state index contributed by atoms with van der Waals surface area (Å²) >= 11 is 1.68. The summed E-state index contributed by atoms with van der Waals surface area (Å²) in [4.78, 5) is 17.7. The fraction of sp³-hybridized carbons (Fsp3) is 0.526. The van der Waals surface area contributed by atoms with E-state index in [1.54, 1.807) is 17.5 Å². The first-order valence-corrected chi connectivity index (χ1v) is 10.5. The van der Waals surface area contributed by atoms with Crippen molar-refractivity contribution in [2.45, 2.75) is 38.3 Å². The van der Waals surface area contributed by atoms with Crippen LogP contribution in [0.5, 0.6) is 5.88 Å². The van der Waals surface area contributed by atoms with Crippen molar-refractivity contribution in [2.75, 3.05) is 31.1 Å². The van der Waals surface area contributed by atoms with Crippen LogP contribution in [-0.2, 0) is 6.54 Å². The predicted octanol–water partition coefficient (Wildman–Crippen LogP) is 2.50. The number of thiazole rings is 1. The number of pyridine rings is 1. The Labute approximate surface area is 163 Å². The van der Waals surface area contributed by atoms with Crippen molar-refractivity contribution in [3.05, 3.63) is 35.5 Å². The molecule has 7 nitrogen and oxygen atoms in total. The molecule has 2 fully saturated rings. The molecular weight excluding hydrogens is 360 g/mol. The molecule has 1 saturated heterocycles. The van der Waals surface area contributed by atoms with Crippen LogP contribution >= 0.6 is 11.3 Å².